The molecule has 5 rings (SSSR count). The number of thiophene rings is 2. The van der Waals surface area contributed by atoms with Crippen LogP contribution in [0.2, 0.25) is 0 Å². The molecular formula is C21H19NO3S3. The average Bonchev–Trinajstić information content (AvgIpc) is 3.43. The zero-order valence-electron chi connectivity index (χ0n) is 15.1. The SMILES string of the molecule is O=C(CSc1ccc2c(c1)OCCO2)N1CCc2sccc2[C@H]1c1cccs1. The van der Waals surface area contributed by atoms with Crippen LogP contribution >= 0.6 is 34.4 Å². The second kappa shape index (κ2) is 7.81. The van der Waals surface area contributed by atoms with Crippen LogP contribution in [0.3, 0.4) is 0 Å². The summed E-state index contributed by atoms with van der Waals surface area (Å²) in [5, 5.41) is 4.23. The maximum Gasteiger partial charge on any atom is 0.233 e. The molecule has 28 heavy (non-hydrogen) atoms. The van der Waals surface area contributed by atoms with Crippen molar-refractivity contribution in [3.05, 3.63) is 62.5 Å². The van der Waals surface area contributed by atoms with Gasteiger partial charge in [0.1, 0.15) is 13.2 Å². The summed E-state index contributed by atoms with van der Waals surface area (Å²) in [6.07, 6.45) is 0.940. The highest BCUT2D eigenvalue weighted by molar-refractivity contribution is 8.00. The Bertz CT molecular complexity index is 983. The van der Waals surface area contributed by atoms with E-state index in [4.69, 9.17) is 9.47 Å². The number of thioether (sulfide) groups is 1. The van der Waals surface area contributed by atoms with Gasteiger partial charge in [-0.1, -0.05) is 6.07 Å². The van der Waals surface area contributed by atoms with E-state index in [1.54, 1.807) is 34.4 Å². The molecule has 0 bridgehead atoms. The highest BCUT2D eigenvalue weighted by Crippen LogP contribution is 2.40. The van der Waals surface area contributed by atoms with Crippen molar-refractivity contribution in [2.24, 2.45) is 0 Å². The summed E-state index contributed by atoms with van der Waals surface area (Å²) in [5.74, 6) is 2.14. The average molecular weight is 430 g/mol. The number of benzene rings is 1. The van der Waals surface area contributed by atoms with Crippen LogP contribution in [0.1, 0.15) is 21.4 Å². The Morgan fingerprint density at radius 2 is 2.00 bits per heavy atom. The monoisotopic (exact) mass is 429 g/mol. The molecule has 7 heteroatoms. The molecule has 2 aromatic heterocycles. The normalized spacial score (nSPS) is 18.0. The highest BCUT2D eigenvalue weighted by Gasteiger charge is 2.33. The molecule has 0 spiro atoms. The van der Waals surface area contributed by atoms with Gasteiger partial charge in [0, 0.05) is 21.2 Å². The fourth-order valence-corrected chi connectivity index (χ4v) is 6.25. The Balaban J connectivity index is 1.33. The maximum absolute atomic E-state index is 13.2. The van der Waals surface area contributed by atoms with E-state index in [9.17, 15) is 4.79 Å². The van der Waals surface area contributed by atoms with E-state index in [0.717, 1.165) is 29.4 Å². The summed E-state index contributed by atoms with van der Waals surface area (Å²) in [7, 11) is 0. The van der Waals surface area contributed by atoms with Crippen LogP contribution in [0.25, 0.3) is 0 Å². The van der Waals surface area contributed by atoms with Gasteiger partial charge in [-0.2, -0.15) is 0 Å². The summed E-state index contributed by atoms with van der Waals surface area (Å²) < 4.78 is 11.2. The number of rotatable bonds is 4. The molecule has 0 aliphatic carbocycles. The summed E-state index contributed by atoms with van der Waals surface area (Å²) in [6.45, 7) is 1.93. The van der Waals surface area contributed by atoms with Crippen molar-refractivity contribution in [3.8, 4) is 11.5 Å². The van der Waals surface area contributed by atoms with Gasteiger partial charge in [0.25, 0.3) is 0 Å². The number of nitrogens with zero attached hydrogens (tertiary/aromatic N) is 1. The number of carbonyl (C=O) groups is 1. The summed E-state index contributed by atoms with van der Waals surface area (Å²) in [6, 6.07) is 12.3. The van der Waals surface area contributed by atoms with E-state index in [0.29, 0.717) is 19.0 Å². The number of amides is 1. The highest BCUT2D eigenvalue weighted by atomic mass is 32.2. The maximum atomic E-state index is 13.2. The van der Waals surface area contributed by atoms with Crippen LogP contribution in [0.4, 0.5) is 0 Å². The van der Waals surface area contributed by atoms with Gasteiger partial charge in [0.2, 0.25) is 5.91 Å². The Morgan fingerprint density at radius 3 is 2.86 bits per heavy atom. The standard InChI is InChI=1S/C21H19NO3S3/c23-20(13-28-14-3-4-16-17(12-14)25-9-8-24-16)22-7-5-18-15(6-11-27-18)21(22)19-2-1-10-26-19/h1-4,6,10-12,21H,5,7-9,13H2/t21-/m0/s1. The molecule has 0 saturated heterocycles. The smallest absolute Gasteiger partial charge is 0.233 e. The van der Waals surface area contributed by atoms with Crippen molar-refractivity contribution < 1.29 is 14.3 Å². The Kier molecular flexibility index (Phi) is 5.05. The van der Waals surface area contributed by atoms with Crippen LogP contribution in [-0.2, 0) is 11.2 Å². The van der Waals surface area contributed by atoms with Gasteiger partial charge in [-0.05, 0) is 53.1 Å². The van der Waals surface area contributed by atoms with Crippen molar-refractivity contribution in [3.63, 3.8) is 0 Å². The predicted octanol–water partition coefficient (Wildman–Crippen LogP) is 4.85. The molecule has 4 heterocycles. The van der Waals surface area contributed by atoms with Gasteiger partial charge < -0.3 is 14.4 Å². The summed E-state index contributed by atoms with van der Waals surface area (Å²) in [4.78, 5) is 18.9. The number of fused-ring (bicyclic) bond motifs is 2. The quantitative estimate of drug-likeness (QED) is 0.556. The summed E-state index contributed by atoms with van der Waals surface area (Å²) >= 11 is 5.08. The Hall–Kier alpha value is -1.96. The zero-order valence-corrected chi connectivity index (χ0v) is 17.6. The van der Waals surface area contributed by atoms with Gasteiger partial charge in [0.05, 0.1) is 11.8 Å². The van der Waals surface area contributed by atoms with Crippen molar-refractivity contribution >= 4 is 40.3 Å². The zero-order chi connectivity index (χ0) is 18.9. The van der Waals surface area contributed by atoms with Gasteiger partial charge in [-0.25, -0.2) is 0 Å². The molecule has 0 fully saturated rings. The van der Waals surface area contributed by atoms with E-state index in [-0.39, 0.29) is 11.9 Å². The first-order chi connectivity index (χ1) is 13.8. The lowest BCUT2D eigenvalue weighted by molar-refractivity contribution is -0.130. The van der Waals surface area contributed by atoms with Crippen molar-refractivity contribution in [2.45, 2.75) is 17.4 Å². The van der Waals surface area contributed by atoms with Crippen LogP contribution in [0.15, 0.2) is 52.1 Å². The minimum absolute atomic E-state index is 0.0448. The van der Waals surface area contributed by atoms with Gasteiger partial charge in [0.15, 0.2) is 11.5 Å². The minimum atomic E-state index is 0.0448. The Morgan fingerprint density at radius 1 is 1.11 bits per heavy atom. The molecule has 0 N–H and O–H groups in total. The number of hydrogen-bond acceptors (Lipinski definition) is 6. The van der Waals surface area contributed by atoms with Crippen molar-refractivity contribution in [1.82, 2.24) is 4.90 Å². The molecule has 1 amide bonds. The third-order valence-corrected chi connectivity index (χ3v) is 7.87. The van der Waals surface area contributed by atoms with Crippen LogP contribution in [0.5, 0.6) is 11.5 Å². The van der Waals surface area contributed by atoms with E-state index in [1.165, 1.54) is 15.3 Å². The second-order valence-corrected chi connectivity index (χ2v) is 9.68. The third kappa shape index (κ3) is 3.43. The lowest BCUT2D eigenvalue weighted by Gasteiger charge is -2.35. The fourth-order valence-electron chi connectivity index (χ4n) is 3.68. The molecule has 2 aliphatic heterocycles. The topological polar surface area (TPSA) is 38.8 Å². The van der Waals surface area contributed by atoms with Crippen LogP contribution < -0.4 is 9.47 Å². The van der Waals surface area contributed by atoms with Crippen molar-refractivity contribution in [1.29, 1.82) is 0 Å². The van der Waals surface area contributed by atoms with E-state index < -0.39 is 0 Å². The third-order valence-electron chi connectivity index (χ3n) is 4.97. The molecule has 1 aromatic carbocycles. The van der Waals surface area contributed by atoms with Gasteiger partial charge >= 0.3 is 0 Å². The first-order valence-corrected chi connectivity index (χ1v) is 12.0. The number of carbonyl (C=O) groups excluding carboxylic acids is 1. The molecule has 0 saturated carbocycles. The number of ether oxygens (including phenoxy) is 2. The summed E-state index contributed by atoms with van der Waals surface area (Å²) in [5.41, 5.74) is 1.29. The molecule has 0 unspecified atom stereocenters. The minimum Gasteiger partial charge on any atom is -0.486 e. The first-order valence-electron chi connectivity index (χ1n) is 9.21. The largest absolute Gasteiger partial charge is 0.486 e. The van der Waals surface area contributed by atoms with Crippen LogP contribution in [-0.4, -0.2) is 36.3 Å². The van der Waals surface area contributed by atoms with Crippen LogP contribution in [0, 0.1) is 0 Å². The lowest BCUT2D eigenvalue weighted by Crippen LogP contribution is -2.40. The molecular weight excluding hydrogens is 410 g/mol. The van der Waals surface area contributed by atoms with Gasteiger partial charge in [-0.3, -0.25) is 4.79 Å². The molecule has 4 nitrogen and oxygen atoms in total. The molecule has 144 valence electrons. The molecule has 1 atom stereocenters. The Labute approximate surface area is 176 Å². The first kappa shape index (κ1) is 18.1. The molecule has 2 aliphatic rings. The number of hydrogen-bond donors (Lipinski definition) is 0. The molecule has 0 radical (unpaired) electrons. The fraction of sp³-hybridized carbons (Fsp3) is 0.286. The lowest BCUT2D eigenvalue weighted by atomic mass is 9.98. The van der Waals surface area contributed by atoms with E-state index in [1.807, 2.05) is 23.1 Å². The van der Waals surface area contributed by atoms with E-state index in [2.05, 4.69) is 29.0 Å². The second-order valence-electron chi connectivity index (χ2n) is 6.65. The van der Waals surface area contributed by atoms with Crippen molar-refractivity contribution in [2.75, 3.05) is 25.5 Å². The predicted molar refractivity (Wildman–Crippen MR) is 114 cm³/mol. The van der Waals surface area contributed by atoms with E-state index >= 15 is 0 Å². The van der Waals surface area contributed by atoms with Gasteiger partial charge in [-0.15, -0.1) is 34.4 Å². The molecule has 3 aromatic rings.